The molecule has 0 atom stereocenters. The molecule has 0 fully saturated rings. The molecule has 0 spiro atoms. The third-order valence-electron chi connectivity index (χ3n) is 12.0. The first kappa shape index (κ1) is 39.3. The van der Waals surface area contributed by atoms with Crippen LogP contribution in [0.3, 0.4) is 0 Å². The molecule has 53 heavy (non-hydrogen) atoms. The highest BCUT2D eigenvalue weighted by Gasteiger charge is 2.43. The van der Waals surface area contributed by atoms with Crippen LogP contribution < -0.4 is 0 Å². The predicted molar refractivity (Wildman–Crippen MR) is 237 cm³/mol. The summed E-state index contributed by atoms with van der Waals surface area (Å²) < 4.78 is 0. The van der Waals surface area contributed by atoms with Gasteiger partial charge in [-0.05, 0) is 103 Å². The Morgan fingerprint density at radius 1 is 0.453 bits per heavy atom. The van der Waals surface area contributed by atoms with Crippen molar-refractivity contribution in [1.82, 2.24) is 0 Å². The average Bonchev–Trinajstić information content (AvgIpc) is 3.70. The van der Waals surface area contributed by atoms with Crippen LogP contribution in [-0.4, -0.2) is 8.07 Å². The number of hydrogen-bond donors (Lipinski definition) is 0. The highest BCUT2D eigenvalue weighted by molar-refractivity contribution is 7.09. The Labute approximate surface area is 325 Å². The van der Waals surface area contributed by atoms with E-state index in [2.05, 4.69) is 166 Å². The normalized spacial score (nSPS) is 14.7. The minimum Gasteiger partial charge on any atom is -0.0654 e. The number of benzene rings is 4. The van der Waals surface area contributed by atoms with E-state index in [9.17, 15) is 0 Å². The van der Waals surface area contributed by atoms with Gasteiger partial charge in [0.1, 0.15) is 8.07 Å². The van der Waals surface area contributed by atoms with E-state index in [0.717, 1.165) is 12.8 Å². The van der Waals surface area contributed by atoms with Crippen molar-refractivity contribution in [3.05, 3.63) is 142 Å². The van der Waals surface area contributed by atoms with Gasteiger partial charge in [-0.25, -0.2) is 0 Å². The Balaban J connectivity index is 1.54. The third kappa shape index (κ3) is 8.32. The van der Waals surface area contributed by atoms with Crippen LogP contribution in [0.2, 0.25) is 13.1 Å². The molecule has 4 aromatic carbocycles. The van der Waals surface area contributed by atoms with Gasteiger partial charge in [0, 0.05) is 12.8 Å². The molecule has 0 heterocycles. The van der Waals surface area contributed by atoms with Crippen molar-refractivity contribution in [2.24, 2.45) is 0 Å². The van der Waals surface area contributed by atoms with E-state index in [4.69, 9.17) is 0 Å². The SMILES string of the molecule is CCCCCCC1=C([Si](C)(C)C2=C(CCCCCC)[CH]c3cccc(-c4ccc(C(C)(C)C)cc4)c32)c2c(cccc2-c2ccc(C(C)(C)C)cc2)[CH]1. The number of rotatable bonds is 14. The molecule has 0 bridgehead atoms. The molecule has 0 N–H and O–H groups in total. The van der Waals surface area contributed by atoms with Gasteiger partial charge in [0.2, 0.25) is 0 Å². The summed E-state index contributed by atoms with van der Waals surface area (Å²) in [4.78, 5) is 0. The Hall–Kier alpha value is -3.42. The molecule has 278 valence electrons. The lowest BCUT2D eigenvalue weighted by atomic mass is 9.86. The van der Waals surface area contributed by atoms with Crippen LogP contribution in [0.5, 0.6) is 0 Å². The zero-order chi connectivity index (χ0) is 38.0. The fraction of sp³-hybridized carbons (Fsp3) is 0.423. The molecule has 0 saturated carbocycles. The van der Waals surface area contributed by atoms with Crippen molar-refractivity contribution in [1.29, 1.82) is 0 Å². The molecule has 1 heteroatoms. The minimum atomic E-state index is -2.32. The van der Waals surface area contributed by atoms with Gasteiger partial charge in [0.05, 0.1) is 0 Å². The lowest BCUT2D eigenvalue weighted by Gasteiger charge is -2.33. The van der Waals surface area contributed by atoms with E-state index in [1.54, 1.807) is 21.5 Å². The van der Waals surface area contributed by atoms with Gasteiger partial charge in [-0.15, -0.1) is 0 Å². The largest absolute Gasteiger partial charge is 0.113 e. The molecule has 4 aromatic rings. The molecule has 0 amide bonds. The maximum absolute atomic E-state index is 2.70. The molecule has 2 aliphatic rings. The monoisotopic (exact) mass is 718 g/mol. The quantitative estimate of drug-likeness (QED) is 0.0899. The maximum atomic E-state index is 2.70. The fourth-order valence-electron chi connectivity index (χ4n) is 8.99. The highest BCUT2D eigenvalue weighted by atomic mass is 28.3. The Morgan fingerprint density at radius 3 is 1.17 bits per heavy atom. The van der Waals surface area contributed by atoms with Crippen LogP contribution >= 0.6 is 0 Å². The van der Waals surface area contributed by atoms with Crippen LogP contribution in [0.25, 0.3) is 32.6 Å². The van der Waals surface area contributed by atoms with E-state index in [0.29, 0.717) is 0 Å². The highest BCUT2D eigenvalue weighted by Crippen LogP contribution is 2.54. The molecule has 0 aliphatic heterocycles. The van der Waals surface area contributed by atoms with E-state index in [1.165, 1.54) is 107 Å². The summed E-state index contributed by atoms with van der Waals surface area (Å²) in [6.45, 7) is 23.9. The van der Waals surface area contributed by atoms with Crippen molar-refractivity contribution in [2.45, 2.75) is 144 Å². The summed E-state index contributed by atoms with van der Waals surface area (Å²) in [5.74, 6) is 0. The van der Waals surface area contributed by atoms with Crippen LogP contribution in [0.4, 0.5) is 0 Å². The predicted octanol–water partition coefficient (Wildman–Crippen LogP) is 15.7. The molecular weight excluding hydrogens is 653 g/mol. The Bertz CT molecular complexity index is 1800. The van der Waals surface area contributed by atoms with Crippen molar-refractivity contribution in [2.75, 3.05) is 0 Å². The molecule has 0 nitrogen and oxygen atoms in total. The van der Waals surface area contributed by atoms with Crippen LogP contribution in [0, 0.1) is 12.8 Å². The first-order valence-corrected chi connectivity index (χ1v) is 23.9. The van der Waals surface area contributed by atoms with Gasteiger partial charge in [-0.1, -0.05) is 203 Å². The summed E-state index contributed by atoms with van der Waals surface area (Å²) in [6, 6.07) is 33.2. The summed E-state index contributed by atoms with van der Waals surface area (Å²) in [7, 11) is -2.32. The number of fused-ring (bicyclic) bond motifs is 2. The standard InChI is InChI=1S/C52H66Si/c1-11-13-15-17-21-41-35-39-23-19-25-45(37-27-31-43(32-28-37)51(3,4)5)47(39)49(41)53(9,10)50-42(22-18-16-14-12-2)36-40-24-20-26-46(48(40)50)38-29-33-44(34-30-38)52(6,7)8/h19-20,23-36H,11-18,21-22H2,1-10H3. The van der Waals surface area contributed by atoms with Crippen molar-refractivity contribution >= 4 is 18.5 Å². The molecule has 6 rings (SSSR count). The molecule has 0 unspecified atom stereocenters. The van der Waals surface area contributed by atoms with Gasteiger partial charge >= 0.3 is 0 Å². The first-order chi connectivity index (χ1) is 25.3. The summed E-state index contributed by atoms with van der Waals surface area (Å²) in [5.41, 5.74) is 17.6. The fourth-order valence-corrected chi connectivity index (χ4v) is 13.0. The smallest absolute Gasteiger partial charge is 0.0654 e. The van der Waals surface area contributed by atoms with Crippen LogP contribution in [0.15, 0.2) is 96.1 Å². The second-order valence-corrected chi connectivity index (χ2v) is 22.8. The van der Waals surface area contributed by atoms with E-state index in [1.807, 2.05) is 0 Å². The van der Waals surface area contributed by atoms with Crippen LogP contribution in [0.1, 0.15) is 153 Å². The molecule has 2 radical (unpaired) electrons. The zero-order valence-electron chi connectivity index (χ0n) is 34.8. The van der Waals surface area contributed by atoms with Crippen molar-refractivity contribution in [3.8, 4) is 22.3 Å². The minimum absolute atomic E-state index is 0.133. The topological polar surface area (TPSA) is 0 Å². The van der Waals surface area contributed by atoms with Crippen molar-refractivity contribution in [3.63, 3.8) is 0 Å². The van der Waals surface area contributed by atoms with Gasteiger partial charge < -0.3 is 0 Å². The van der Waals surface area contributed by atoms with Gasteiger partial charge in [0.25, 0.3) is 0 Å². The lowest BCUT2D eigenvalue weighted by molar-refractivity contribution is 0.590. The zero-order valence-corrected chi connectivity index (χ0v) is 35.8. The Kier molecular flexibility index (Phi) is 11.9. The van der Waals surface area contributed by atoms with E-state index in [-0.39, 0.29) is 10.8 Å². The maximum Gasteiger partial charge on any atom is 0.113 e. The van der Waals surface area contributed by atoms with Gasteiger partial charge in [-0.3, -0.25) is 0 Å². The second-order valence-electron chi connectivity index (χ2n) is 18.5. The first-order valence-electron chi connectivity index (χ1n) is 20.9. The van der Waals surface area contributed by atoms with Crippen molar-refractivity contribution < 1.29 is 0 Å². The van der Waals surface area contributed by atoms with E-state index < -0.39 is 8.07 Å². The summed E-state index contributed by atoms with van der Waals surface area (Å²) in [6.07, 6.45) is 17.8. The third-order valence-corrected chi connectivity index (χ3v) is 15.6. The summed E-state index contributed by atoms with van der Waals surface area (Å²) >= 11 is 0. The van der Waals surface area contributed by atoms with Gasteiger partial charge in [-0.2, -0.15) is 0 Å². The molecular formula is C52H66Si. The number of allylic oxidation sites excluding steroid dienone is 2. The average molecular weight is 719 g/mol. The number of unbranched alkanes of at least 4 members (excludes halogenated alkanes) is 6. The molecule has 0 aromatic heterocycles. The number of hydrogen-bond acceptors (Lipinski definition) is 0. The molecule has 0 saturated heterocycles. The van der Waals surface area contributed by atoms with Crippen LogP contribution in [-0.2, 0) is 10.8 Å². The lowest BCUT2D eigenvalue weighted by Crippen LogP contribution is -2.32. The molecule has 2 aliphatic carbocycles. The van der Waals surface area contributed by atoms with Gasteiger partial charge in [0.15, 0.2) is 0 Å². The summed E-state index contributed by atoms with van der Waals surface area (Å²) in [5, 5.41) is 3.36. The van der Waals surface area contributed by atoms with E-state index >= 15 is 0 Å². The Morgan fingerprint density at radius 2 is 0.830 bits per heavy atom. The second kappa shape index (κ2) is 16.1.